The van der Waals surface area contributed by atoms with Crippen molar-refractivity contribution < 1.29 is 9.13 Å². The Hall–Kier alpha value is -7.35. The molecule has 1 unspecified atom stereocenters. The van der Waals surface area contributed by atoms with Crippen molar-refractivity contribution in [2.75, 3.05) is 0 Å². The first-order chi connectivity index (χ1) is 28.7. The number of ether oxygens (including phenoxy) is 1. The SMILES string of the molecule is FC(c1cccc(-n2c3ccc4c(c3c3cccnc32)Oc2ccccc2[Si]4(c2ccccc2)c2ccccc2)c1)c1ccc2c3ccccc3n3ccnc3c2c1. The molecular formula is C51H33FN4OSi. The number of hydrogen-bond donors (Lipinski definition) is 0. The second-order valence-corrected chi connectivity index (χ2v) is 18.8. The highest BCUT2D eigenvalue weighted by atomic mass is 28.3. The number of imidazole rings is 1. The molecule has 274 valence electrons. The van der Waals surface area contributed by atoms with Crippen molar-refractivity contribution in [1.29, 1.82) is 0 Å². The predicted octanol–water partition coefficient (Wildman–Crippen LogP) is 9.67. The summed E-state index contributed by atoms with van der Waals surface area (Å²) >= 11 is 0. The van der Waals surface area contributed by atoms with Gasteiger partial charge in [-0.15, -0.1) is 0 Å². The van der Waals surface area contributed by atoms with Gasteiger partial charge in [0.05, 0.1) is 16.4 Å². The molecule has 0 amide bonds. The molecule has 4 aromatic heterocycles. The van der Waals surface area contributed by atoms with E-state index in [1.807, 2.05) is 73.1 Å². The molecule has 0 radical (unpaired) electrons. The van der Waals surface area contributed by atoms with E-state index in [1.54, 1.807) is 6.20 Å². The van der Waals surface area contributed by atoms with Crippen LogP contribution in [0.15, 0.2) is 195 Å². The van der Waals surface area contributed by atoms with Crippen LogP contribution in [0.2, 0.25) is 0 Å². The van der Waals surface area contributed by atoms with Crippen molar-refractivity contribution in [2.45, 2.75) is 6.17 Å². The van der Waals surface area contributed by atoms with Gasteiger partial charge in [0.2, 0.25) is 0 Å². The van der Waals surface area contributed by atoms with Gasteiger partial charge in [0.15, 0.2) is 14.2 Å². The quantitative estimate of drug-likeness (QED) is 0.130. The average molecular weight is 765 g/mol. The van der Waals surface area contributed by atoms with Crippen LogP contribution < -0.4 is 25.5 Å². The van der Waals surface area contributed by atoms with Crippen molar-refractivity contribution in [3.8, 4) is 17.2 Å². The molecule has 1 aliphatic rings. The minimum atomic E-state index is -2.87. The van der Waals surface area contributed by atoms with Crippen LogP contribution in [-0.4, -0.2) is 27.0 Å². The van der Waals surface area contributed by atoms with Crippen molar-refractivity contribution in [3.05, 3.63) is 206 Å². The summed E-state index contributed by atoms with van der Waals surface area (Å²) in [5, 5.41) is 10.0. The van der Waals surface area contributed by atoms with Crippen LogP contribution >= 0.6 is 0 Å². The first-order valence-electron chi connectivity index (χ1n) is 19.5. The van der Waals surface area contributed by atoms with Gasteiger partial charge in [-0.25, -0.2) is 14.4 Å². The number of rotatable bonds is 5. The summed E-state index contributed by atoms with van der Waals surface area (Å²) in [6, 6.07) is 60.9. The molecule has 0 saturated carbocycles. The van der Waals surface area contributed by atoms with Crippen molar-refractivity contribution >= 4 is 78.1 Å². The van der Waals surface area contributed by atoms with Crippen LogP contribution in [0, 0.1) is 0 Å². The molecule has 1 aliphatic heterocycles. The van der Waals surface area contributed by atoms with Gasteiger partial charge < -0.3 is 4.74 Å². The zero-order chi connectivity index (χ0) is 38.4. The molecular weight excluding hydrogens is 732 g/mol. The van der Waals surface area contributed by atoms with Crippen molar-refractivity contribution in [2.24, 2.45) is 0 Å². The number of aromatic nitrogens is 4. The van der Waals surface area contributed by atoms with Gasteiger partial charge in [0, 0.05) is 40.4 Å². The second kappa shape index (κ2) is 12.6. The van der Waals surface area contributed by atoms with Gasteiger partial charge in [-0.1, -0.05) is 127 Å². The summed E-state index contributed by atoms with van der Waals surface area (Å²) in [5.74, 6) is 1.71. The summed E-state index contributed by atoms with van der Waals surface area (Å²) in [4.78, 5) is 9.66. The van der Waals surface area contributed by atoms with Gasteiger partial charge >= 0.3 is 0 Å². The van der Waals surface area contributed by atoms with Crippen LogP contribution in [0.4, 0.5) is 4.39 Å². The van der Waals surface area contributed by atoms with Gasteiger partial charge in [0.1, 0.15) is 22.8 Å². The Labute approximate surface area is 333 Å². The molecule has 0 spiro atoms. The minimum Gasteiger partial charge on any atom is -0.457 e. The third-order valence-electron chi connectivity index (χ3n) is 12.1. The van der Waals surface area contributed by atoms with Gasteiger partial charge in [0.25, 0.3) is 0 Å². The third-order valence-corrected chi connectivity index (χ3v) is 16.9. The number of benzene rings is 7. The number of alkyl halides is 1. The fourth-order valence-corrected chi connectivity index (χ4v) is 14.6. The number of fused-ring (bicyclic) bond motifs is 12. The largest absolute Gasteiger partial charge is 0.457 e. The standard InChI is InChI=1S/C51H33FN4OSi/c52-48(34-24-25-38-39-19-7-8-21-42(39)55-30-29-54-50(55)41(38)32-34)33-13-11-14-35(31-33)56-43-26-27-46-49(47(43)40-20-12-28-53-51(40)56)57-44-22-9-10-23-45(44)58(46,36-15-3-1-4-16-36)37-17-5-2-6-18-37/h1-32,48H. The Morgan fingerprint density at radius 3 is 2.09 bits per heavy atom. The van der Waals surface area contributed by atoms with Crippen LogP contribution in [-0.2, 0) is 0 Å². The molecule has 7 heteroatoms. The molecule has 1 atom stereocenters. The summed E-state index contributed by atoms with van der Waals surface area (Å²) in [6.07, 6.45) is 4.22. The molecule has 5 heterocycles. The smallest absolute Gasteiger partial charge is 0.188 e. The summed E-state index contributed by atoms with van der Waals surface area (Å²) < 4.78 is 28.3. The van der Waals surface area contributed by atoms with Gasteiger partial charge in [-0.2, -0.15) is 0 Å². The van der Waals surface area contributed by atoms with Crippen LogP contribution in [0.3, 0.4) is 0 Å². The van der Waals surface area contributed by atoms with E-state index < -0.39 is 14.2 Å². The first kappa shape index (κ1) is 32.8. The Balaban J connectivity index is 1.06. The highest BCUT2D eigenvalue weighted by Crippen LogP contribution is 2.42. The van der Waals surface area contributed by atoms with E-state index in [2.05, 4.69) is 129 Å². The van der Waals surface area contributed by atoms with Crippen molar-refractivity contribution in [3.63, 3.8) is 0 Å². The Bertz CT molecular complexity index is 3370. The van der Waals surface area contributed by atoms with E-state index in [4.69, 9.17) is 9.72 Å². The number of nitrogens with zero attached hydrogens (tertiary/aromatic N) is 4. The zero-order valence-electron chi connectivity index (χ0n) is 31.1. The van der Waals surface area contributed by atoms with Crippen LogP contribution in [0.25, 0.3) is 54.9 Å². The van der Waals surface area contributed by atoms with Crippen LogP contribution in [0.5, 0.6) is 11.5 Å². The van der Waals surface area contributed by atoms with Gasteiger partial charge in [-0.3, -0.25) is 8.97 Å². The molecule has 0 aliphatic carbocycles. The molecule has 12 rings (SSSR count). The second-order valence-electron chi connectivity index (χ2n) is 15.0. The summed E-state index contributed by atoms with van der Waals surface area (Å²) in [5.41, 5.74) is 5.58. The lowest BCUT2D eigenvalue weighted by atomic mass is 9.98. The third kappa shape index (κ3) is 4.56. The van der Waals surface area contributed by atoms with E-state index in [0.717, 1.165) is 66.4 Å². The molecule has 0 fully saturated rings. The highest BCUT2D eigenvalue weighted by Gasteiger charge is 2.48. The van der Waals surface area contributed by atoms with Crippen LogP contribution in [0.1, 0.15) is 17.3 Å². The van der Waals surface area contributed by atoms with E-state index >= 15 is 4.39 Å². The number of hydrogen-bond acceptors (Lipinski definition) is 3. The monoisotopic (exact) mass is 764 g/mol. The molecule has 0 saturated heterocycles. The highest BCUT2D eigenvalue weighted by molar-refractivity contribution is 7.21. The molecule has 0 bridgehead atoms. The Kier molecular flexibility index (Phi) is 7.12. The molecule has 7 aromatic carbocycles. The normalized spacial score (nSPS) is 13.8. The first-order valence-corrected chi connectivity index (χ1v) is 21.5. The number of halogens is 1. The Morgan fingerprint density at radius 1 is 0.517 bits per heavy atom. The molecule has 5 nitrogen and oxygen atoms in total. The van der Waals surface area contributed by atoms with E-state index in [9.17, 15) is 0 Å². The van der Waals surface area contributed by atoms with E-state index in [1.165, 1.54) is 20.7 Å². The number of pyridine rings is 2. The molecule has 0 N–H and O–H groups in total. The topological polar surface area (TPSA) is 44.4 Å². The lowest BCUT2D eigenvalue weighted by molar-refractivity contribution is 0.402. The average Bonchev–Trinajstić information content (AvgIpc) is 3.93. The molecule has 11 aromatic rings. The maximum absolute atomic E-state index is 17.0. The van der Waals surface area contributed by atoms with Gasteiger partial charge in [-0.05, 0) is 85.8 Å². The fourth-order valence-electron chi connectivity index (χ4n) is 9.61. The zero-order valence-corrected chi connectivity index (χ0v) is 32.1. The lowest BCUT2D eigenvalue weighted by Gasteiger charge is -2.39. The maximum Gasteiger partial charge on any atom is 0.188 e. The summed E-state index contributed by atoms with van der Waals surface area (Å²) in [7, 11) is -2.87. The summed E-state index contributed by atoms with van der Waals surface area (Å²) in [6.45, 7) is 0. The fraction of sp³-hybridized carbons (Fsp3) is 0.0196. The van der Waals surface area contributed by atoms with E-state index in [0.29, 0.717) is 11.1 Å². The Morgan fingerprint density at radius 2 is 1.24 bits per heavy atom. The lowest BCUT2D eigenvalue weighted by Crippen LogP contribution is -2.76. The minimum absolute atomic E-state index is 0.561. The van der Waals surface area contributed by atoms with Crippen molar-refractivity contribution in [1.82, 2.24) is 18.9 Å². The molecule has 58 heavy (non-hydrogen) atoms. The maximum atomic E-state index is 17.0. The predicted molar refractivity (Wildman–Crippen MR) is 235 cm³/mol. The van der Waals surface area contributed by atoms with E-state index in [-0.39, 0.29) is 0 Å². The number of para-hydroxylation sites is 2.